The van der Waals surface area contributed by atoms with Crippen LogP contribution >= 0.6 is 0 Å². The predicted molar refractivity (Wildman–Crippen MR) is 105 cm³/mol. The molecule has 3 amide bonds. The Balaban J connectivity index is 1.46. The number of carbonyl (C=O) groups is 2. The Hall–Kier alpha value is -3.22. The number of benzene rings is 2. The first-order chi connectivity index (χ1) is 13.6. The van der Waals surface area contributed by atoms with Crippen molar-refractivity contribution in [1.82, 2.24) is 15.5 Å². The fourth-order valence-electron chi connectivity index (χ4n) is 2.94. The van der Waals surface area contributed by atoms with Gasteiger partial charge in [-0.2, -0.15) is 0 Å². The van der Waals surface area contributed by atoms with Gasteiger partial charge in [0, 0.05) is 31.7 Å². The maximum absolute atomic E-state index is 12.3. The summed E-state index contributed by atoms with van der Waals surface area (Å²) >= 11 is 0. The minimum Gasteiger partial charge on any atom is -0.454 e. The van der Waals surface area contributed by atoms with Gasteiger partial charge in [-0.05, 0) is 49.2 Å². The second kappa shape index (κ2) is 9.12. The molecule has 2 aromatic rings. The van der Waals surface area contributed by atoms with Crippen molar-refractivity contribution < 1.29 is 19.1 Å². The van der Waals surface area contributed by atoms with Crippen LogP contribution in [-0.4, -0.2) is 36.7 Å². The van der Waals surface area contributed by atoms with Gasteiger partial charge in [-0.25, -0.2) is 4.79 Å². The molecule has 0 unspecified atom stereocenters. The zero-order valence-electron chi connectivity index (χ0n) is 16.2. The first-order valence-corrected chi connectivity index (χ1v) is 9.39. The molecule has 148 valence electrons. The summed E-state index contributed by atoms with van der Waals surface area (Å²) in [5, 5.41) is 5.63. The molecule has 2 aromatic carbocycles. The molecule has 7 heteroatoms. The molecular weight excluding hydrogens is 358 g/mol. The highest BCUT2D eigenvalue weighted by Gasteiger charge is 2.14. The zero-order chi connectivity index (χ0) is 19.9. The van der Waals surface area contributed by atoms with Crippen LogP contribution in [0.5, 0.6) is 11.5 Å². The fraction of sp³-hybridized carbons (Fsp3) is 0.333. The summed E-state index contributed by atoms with van der Waals surface area (Å²) in [4.78, 5) is 26.1. The van der Waals surface area contributed by atoms with Crippen molar-refractivity contribution in [2.45, 2.75) is 26.9 Å². The van der Waals surface area contributed by atoms with Crippen molar-refractivity contribution >= 4 is 11.9 Å². The van der Waals surface area contributed by atoms with Crippen LogP contribution in [0, 0.1) is 0 Å². The summed E-state index contributed by atoms with van der Waals surface area (Å²) < 4.78 is 10.6. The summed E-state index contributed by atoms with van der Waals surface area (Å²) in [7, 11) is 0. The van der Waals surface area contributed by atoms with Gasteiger partial charge in [0.2, 0.25) is 6.79 Å². The molecule has 28 heavy (non-hydrogen) atoms. The summed E-state index contributed by atoms with van der Waals surface area (Å²) in [6.45, 7) is 6.28. The molecule has 0 aliphatic carbocycles. The van der Waals surface area contributed by atoms with Crippen LogP contribution in [0.15, 0.2) is 42.5 Å². The maximum atomic E-state index is 12.3. The van der Waals surface area contributed by atoms with E-state index in [1.807, 2.05) is 44.2 Å². The standard InChI is InChI=1S/C21H25N3O4/c1-3-24(4-2)20(25)17-8-5-15(6-9-17)12-22-21(26)23-13-16-7-10-18-19(11-16)28-14-27-18/h5-11H,3-4,12-14H2,1-2H3,(H2,22,23,26). The first kappa shape index (κ1) is 19.5. The van der Waals surface area contributed by atoms with Crippen LogP contribution in [0.2, 0.25) is 0 Å². The highest BCUT2D eigenvalue weighted by Crippen LogP contribution is 2.32. The van der Waals surface area contributed by atoms with Crippen LogP contribution in [0.4, 0.5) is 4.79 Å². The highest BCUT2D eigenvalue weighted by molar-refractivity contribution is 5.94. The Labute approximate surface area is 164 Å². The van der Waals surface area contributed by atoms with Gasteiger partial charge in [-0.3, -0.25) is 4.79 Å². The predicted octanol–water partition coefficient (Wildman–Crippen LogP) is 2.90. The van der Waals surface area contributed by atoms with E-state index in [9.17, 15) is 9.59 Å². The number of fused-ring (bicyclic) bond motifs is 1. The van der Waals surface area contributed by atoms with Crippen molar-refractivity contribution in [2.24, 2.45) is 0 Å². The number of hydrogen-bond donors (Lipinski definition) is 2. The molecule has 0 atom stereocenters. The van der Waals surface area contributed by atoms with E-state index in [-0.39, 0.29) is 18.7 Å². The van der Waals surface area contributed by atoms with Gasteiger partial charge < -0.3 is 25.0 Å². The molecular formula is C21H25N3O4. The van der Waals surface area contributed by atoms with Crippen molar-refractivity contribution in [1.29, 1.82) is 0 Å². The van der Waals surface area contributed by atoms with Gasteiger partial charge in [0.25, 0.3) is 5.91 Å². The van der Waals surface area contributed by atoms with Crippen LogP contribution in [-0.2, 0) is 13.1 Å². The van der Waals surface area contributed by atoms with Gasteiger partial charge in [0.1, 0.15) is 0 Å². The quantitative estimate of drug-likeness (QED) is 0.771. The van der Waals surface area contributed by atoms with Crippen LogP contribution in [0.3, 0.4) is 0 Å². The minimum atomic E-state index is -0.263. The Morgan fingerprint density at radius 1 is 0.893 bits per heavy atom. The lowest BCUT2D eigenvalue weighted by atomic mass is 10.1. The second-order valence-corrected chi connectivity index (χ2v) is 6.40. The molecule has 0 saturated heterocycles. The molecule has 3 rings (SSSR count). The maximum Gasteiger partial charge on any atom is 0.315 e. The SMILES string of the molecule is CCN(CC)C(=O)c1ccc(CNC(=O)NCc2ccc3c(c2)OCO3)cc1. The highest BCUT2D eigenvalue weighted by atomic mass is 16.7. The number of rotatable bonds is 7. The lowest BCUT2D eigenvalue weighted by Crippen LogP contribution is -2.34. The third-order valence-electron chi connectivity index (χ3n) is 4.59. The molecule has 2 N–H and O–H groups in total. The number of nitrogens with one attached hydrogen (secondary N) is 2. The normalized spacial score (nSPS) is 11.8. The van der Waals surface area contributed by atoms with E-state index in [2.05, 4.69) is 10.6 Å². The van der Waals surface area contributed by atoms with Crippen molar-refractivity contribution in [3.8, 4) is 11.5 Å². The van der Waals surface area contributed by atoms with Crippen LogP contribution < -0.4 is 20.1 Å². The molecule has 0 radical (unpaired) electrons. The Morgan fingerprint density at radius 2 is 1.50 bits per heavy atom. The van der Waals surface area contributed by atoms with E-state index in [4.69, 9.17) is 9.47 Å². The largest absolute Gasteiger partial charge is 0.454 e. The van der Waals surface area contributed by atoms with E-state index in [1.165, 1.54) is 0 Å². The number of hydrogen-bond acceptors (Lipinski definition) is 4. The molecule has 0 saturated carbocycles. The number of urea groups is 1. The molecule has 1 heterocycles. The summed E-state index contributed by atoms with van der Waals surface area (Å²) in [6, 6.07) is 12.6. The van der Waals surface area contributed by atoms with Crippen LogP contribution in [0.1, 0.15) is 35.3 Å². The third-order valence-corrected chi connectivity index (χ3v) is 4.59. The Morgan fingerprint density at radius 3 is 2.18 bits per heavy atom. The number of carbonyl (C=O) groups excluding carboxylic acids is 2. The van der Waals surface area contributed by atoms with Gasteiger partial charge in [0.15, 0.2) is 11.5 Å². The van der Waals surface area contributed by atoms with Gasteiger partial charge >= 0.3 is 6.03 Å². The Kier molecular flexibility index (Phi) is 6.37. The van der Waals surface area contributed by atoms with Gasteiger partial charge in [-0.1, -0.05) is 18.2 Å². The van der Waals surface area contributed by atoms with Gasteiger partial charge in [0.05, 0.1) is 0 Å². The van der Waals surface area contributed by atoms with Crippen LogP contribution in [0.25, 0.3) is 0 Å². The molecule has 0 spiro atoms. The lowest BCUT2D eigenvalue weighted by Gasteiger charge is -2.18. The topological polar surface area (TPSA) is 79.9 Å². The Bertz CT molecular complexity index is 832. The summed E-state index contributed by atoms with van der Waals surface area (Å²) in [5.41, 5.74) is 2.51. The monoisotopic (exact) mass is 383 g/mol. The summed E-state index contributed by atoms with van der Waals surface area (Å²) in [5.74, 6) is 1.43. The van der Waals surface area contributed by atoms with Crippen molar-refractivity contribution in [3.63, 3.8) is 0 Å². The number of amides is 3. The lowest BCUT2D eigenvalue weighted by molar-refractivity contribution is 0.0773. The van der Waals surface area contributed by atoms with E-state index in [1.54, 1.807) is 17.0 Å². The van der Waals surface area contributed by atoms with E-state index in [0.717, 1.165) is 16.9 Å². The number of nitrogens with zero attached hydrogens (tertiary/aromatic N) is 1. The van der Waals surface area contributed by atoms with Gasteiger partial charge in [-0.15, -0.1) is 0 Å². The molecule has 0 bridgehead atoms. The summed E-state index contributed by atoms with van der Waals surface area (Å²) in [6.07, 6.45) is 0. The molecule has 0 fully saturated rings. The minimum absolute atomic E-state index is 0.0194. The smallest absolute Gasteiger partial charge is 0.315 e. The molecule has 1 aliphatic rings. The fourth-order valence-corrected chi connectivity index (χ4v) is 2.94. The zero-order valence-corrected chi connectivity index (χ0v) is 16.2. The average Bonchev–Trinajstić information content (AvgIpc) is 3.19. The van der Waals surface area contributed by atoms with Crippen molar-refractivity contribution in [3.05, 3.63) is 59.2 Å². The average molecular weight is 383 g/mol. The van der Waals surface area contributed by atoms with Crippen molar-refractivity contribution in [2.75, 3.05) is 19.9 Å². The third kappa shape index (κ3) is 4.73. The van der Waals surface area contributed by atoms with E-state index < -0.39 is 0 Å². The molecule has 1 aliphatic heterocycles. The van der Waals surface area contributed by atoms with E-state index in [0.29, 0.717) is 37.5 Å². The molecule has 0 aromatic heterocycles. The molecule has 7 nitrogen and oxygen atoms in total. The van der Waals surface area contributed by atoms with E-state index >= 15 is 0 Å². The first-order valence-electron chi connectivity index (χ1n) is 9.39. The number of ether oxygens (including phenoxy) is 2. The second-order valence-electron chi connectivity index (χ2n) is 6.40.